The van der Waals surface area contributed by atoms with Gasteiger partial charge < -0.3 is 5.73 Å². The van der Waals surface area contributed by atoms with E-state index in [1.807, 2.05) is 12.1 Å². The van der Waals surface area contributed by atoms with Crippen LogP contribution in [-0.2, 0) is 0 Å². The molecule has 0 unspecified atom stereocenters. The number of allylic oxidation sites excluding steroid dienone is 1. The van der Waals surface area contributed by atoms with E-state index in [0.717, 1.165) is 31.9 Å². The second-order valence-electron chi connectivity index (χ2n) is 7.97. The number of pyridine rings is 1. The van der Waals surface area contributed by atoms with Gasteiger partial charge in [0.15, 0.2) is 0 Å². The molecule has 3 N–H and O–H groups in total. The molecule has 0 bridgehead atoms. The molecule has 1 saturated carbocycles. The fourth-order valence-corrected chi connectivity index (χ4v) is 6.23. The molecule has 3 aromatic rings. The molecular weight excluding hydrogens is 515 g/mol. The van der Waals surface area contributed by atoms with Crippen LogP contribution in [0.2, 0.25) is 9.24 Å². The Morgan fingerprint density at radius 1 is 1.38 bits per heavy atom. The van der Waals surface area contributed by atoms with Crippen molar-refractivity contribution in [3.63, 3.8) is 0 Å². The number of aromatic nitrogens is 2. The molecule has 1 radical (unpaired) electrons. The average Bonchev–Trinajstić information content (AvgIpc) is 3.63. The van der Waals surface area contributed by atoms with Crippen molar-refractivity contribution in [3.05, 3.63) is 70.0 Å². The second kappa shape index (κ2) is 9.45. The zero-order valence-corrected chi connectivity index (χ0v) is 21.0. The van der Waals surface area contributed by atoms with E-state index in [9.17, 15) is 9.18 Å². The Morgan fingerprint density at radius 2 is 2.16 bits per heavy atom. The van der Waals surface area contributed by atoms with E-state index < -0.39 is 20.2 Å². The summed E-state index contributed by atoms with van der Waals surface area (Å²) in [5.74, 6) is 0.0284. The third kappa shape index (κ3) is 4.73. The number of nitrogens with zero attached hydrogens (tertiary/aromatic N) is 3. The van der Waals surface area contributed by atoms with Gasteiger partial charge in [-0.05, 0) is 12.8 Å². The Morgan fingerprint density at radius 3 is 2.81 bits per heavy atom. The molecule has 1 aliphatic rings. The summed E-state index contributed by atoms with van der Waals surface area (Å²) in [6, 6.07) is 9.33. The number of nitrogens with one attached hydrogen (secondary N) is 1. The standard InChI is InChI=1S/C21H19FN5O.C2H5.CH3.Sb/c1-13-20(25-18-5-3-2-4-17(18)22)26-19-9-6-14(12-27(19)21(13)28)15(10-23)11-24-16-7-8-16;1-2;;/h3-6,9-12,16,25H,7-8,23H2,1H3;1H2,2H3;1H3;/q;;;+1/b15-10+,24-11?;;;. The van der Waals surface area contributed by atoms with Crippen LogP contribution in [-0.4, -0.2) is 41.9 Å². The van der Waals surface area contributed by atoms with Gasteiger partial charge in [-0.2, -0.15) is 0 Å². The molecule has 6 nitrogen and oxygen atoms in total. The van der Waals surface area contributed by atoms with Crippen LogP contribution in [0.3, 0.4) is 0 Å². The summed E-state index contributed by atoms with van der Waals surface area (Å²) < 4.78 is 18.5. The van der Waals surface area contributed by atoms with Gasteiger partial charge in [-0.1, -0.05) is 0 Å². The molecule has 32 heavy (non-hydrogen) atoms. The maximum absolute atomic E-state index is 14.7. The van der Waals surface area contributed by atoms with Crippen molar-refractivity contribution < 1.29 is 4.39 Å². The third-order valence-electron chi connectivity index (χ3n) is 5.65. The first-order valence-electron chi connectivity index (χ1n) is 10.7. The normalized spacial score (nSPS) is 14.6. The van der Waals surface area contributed by atoms with Gasteiger partial charge in [0.05, 0.1) is 6.04 Å². The molecule has 1 fully saturated rings. The molecule has 1 aliphatic carbocycles. The monoisotopic (exact) mass is 541 g/mol. The number of nitrogens with two attached hydrogens (primary N) is 1. The number of hydrogen-bond acceptors (Lipinski definition) is 5. The topological polar surface area (TPSA) is 84.8 Å². The van der Waals surface area contributed by atoms with Crippen molar-refractivity contribution in [1.29, 1.82) is 0 Å². The van der Waals surface area contributed by atoms with E-state index in [1.165, 1.54) is 10.6 Å². The Hall–Kier alpha value is -2.66. The van der Waals surface area contributed by atoms with Gasteiger partial charge in [0.25, 0.3) is 0 Å². The van der Waals surface area contributed by atoms with Gasteiger partial charge in [0, 0.05) is 12.4 Å². The zero-order valence-electron chi connectivity index (χ0n) is 18.5. The predicted octanol–water partition coefficient (Wildman–Crippen LogP) is 3.77. The van der Waals surface area contributed by atoms with Crippen LogP contribution in [0.1, 0.15) is 30.9 Å². The van der Waals surface area contributed by atoms with Crippen molar-refractivity contribution in [2.45, 2.75) is 42.0 Å². The molecular formula is C24H27FN5OSb+. The van der Waals surface area contributed by atoms with Crippen molar-refractivity contribution in [2.24, 2.45) is 10.7 Å². The van der Waals surface area contributed by atoms with Crippen molar-refractivity contribution in [1.82, 2.24) is 9.38 Å². The molecule has 8 heteroatoms. The number of aliphatic imine (C=N–C) groups is 1. The fraction of sp³-hybridized carbons (Fsp3) is 0.292. The Kier molecular flexibility index (Phi) is 6.65. The van der Waals surface area contributed by atoms with Crippen LogP contribution in [0.5, 0.6) is 0 Å². The number of fused-ring (bicyclic) bond motifs is 1. The summed E-state index contributed by atoms with van der Waals surface area (Å²) in [6.07, 6.45) is 7.17. The summed E-state index contributed by atoms with van der Waals surface area (Å²) in [5.41, 5.74) is 8.29. The molecule has 0 amide bonds. The first kappa shape index (κ1) is 22.5. The molecule has 4 rings (SSSR count). The number of benzene rings is 1. The van der Waals surface area contributed by atoms with Crippen LogP contribution in [0.4, 0.5) is 15.9 Å². The molecule has 0 spiro atoms. The summed E-state index contributed by atoms with van der Waals surface area (Å²) in [4.78, 5) is 24.4. The molecule has 0 saturated heterocycles. The van der Waals surface area contributed by atoms with E-state index in [-0.39, 0.29) is 11.4 Å². The molecule has 165 valence electrons. The van der Waals surface area contributed by atoms with Gasteiger partial charge in [-0.25, -0.2) is 0 Å². The Labute approximate surface area is 194 Å². The quantitative estimate of drug-likeness (QED) is 0.352. The van der Waals surface area contributed by atoms with Crippen LogP contribution >= 0.6 is 0 Å². The summed E-state index contributed by atoms with van der Waals surface area (Å²) in [7, 11) is 0. The molecule has 2 aromatic heterocycles. The second-order valence-corrected chi connectivity index (χ2v) is 15.2. The number of hydrogen-bond donors (Lipinski definition) is 2. The minimum absolute atomic E-state index is 0.221. The van der Waals surface area contributed by atoms with Crippen molar-refractivity contribution in [3.8, 4) is 0 Å². The van der Waals surface area contributed by atoms with Crippen molar-refractivity contribution in [2.75, 3.05) is 5.32 Å². The SMILES string of the molecule is C[CH2][Sb+]([CH3])[c]1ccc(Nc2nc3ccc(/C(C=NC4CC4)=C/N)cn3c(=O)c2C)c(F)c1. The van der Waals surface area contributed by atoms with Gasteiger partial charge in [-0.3, -0.25) is 4.99 Å². The zero-order chi connectivity index (χ0) is 22.8. The van der Waals surface area contributed by atoms with E-state index in [2.05, 4.69) is 27.1 Å². The van der Waals surface area contributed by atoms with E-state index in [0.29, 0.717) is 28.8 Å². The minimum atomic E-state index is -1.55. The van der Waals surface area contributed by atoms with Gasteiger partial charge in [-0.15, -0.1) is 0 Å². The molecule has 2 heterocycles. The van der Waals surface area contributed by atoms with Crippen LogP contribution in [0.25, 0.3) is 11.2 Å². The van der Waals surface area contributed by atoms with E-state index in [4.69, 9.17) is 5.73 Å². The molecule has 0 aliphatic heterocycles. The molecule has 1 aromatic carbocycles. The fourth-order valence-electron chi connectivity index (χ4n) is 3.30. The van der Waals surface area contributed by atoms with E-state index >= 15 is 0 Å². The van der Waals surface area contributed by atoms with Crippen LogP contribution < -0.4 is 20.1 Å². The predicted molar refractivity (Wildman–Crippen MR) is 131 cm³/mol. The first-order valence-corrected chi connectivity index (χ1v) is 16.3. The number of anilines is 2. The maximum atomic E-state index is 14.7. The van der Waals surface area contributed by atoms with Gasteiger partial charge in [0.1, 0.15) is 0 Å². The third-order valence-corrected chi connectivity index (χ3v) is 11.7. The summed E-state index contributed by atoms with van der Waals surface area (Å²) in [5, 5.41) is 3.01. The number of rotatable bonds is 7. The van der Waals surface area contributed by atoms with Gasteiger partial charge >= 0.3 is 152 Å². The number of halogens is 1. The van der Waals surface area contributed by atoms with E-state index in [1.54, 1.807) is 37.5 Å². The summed E-state index contributed by atoms with van der Waals surface area (Å²) in [6.45, 7) is 3.84. The van der Waals surface area contributed by atoms with Crippen LogP contribution in [0.15, 0.2) is 52.5 Å². The Balaban J connectivity index is 1.67. The van der Waals surface area contributed by atoms with Gasteiger partial charge in [0.2, 0.25) is 0 Å². The average molecular weight is 542 g/mol. The molecule has 0 atom stereocenters. The van der Waals surface area contributed by atoms with Crippen molar-refractivity contribution >= 4 is 52.7 Å². The Bertz CT molecular complexity index is 1280. The van der Waals surface area contributed by atoms with Crippen LogP contribution in [0, 0.1) is 12.7 Å². The first-order chi connectivity index (χ1) is 15.4. The summed E-state index contributed by atoms with van der Waals surface area (Å²) >= 11 is -1.55.